The molecule has 0 aliphatic carbocycles. The Bertz CT molecular complexity index is 875. The minimum atomic E-state index is -4.69. The molecule has 1 unspecified atom stereocenters. The van der Waals surface area contributed by atoms with Crippen LogP contribution < -0.4 is 5.32 Å². The standard InChI is InChI=1S/C19H15Cl2F3N2O/c20-15-5-14(6-16(21)7-15)18(19(22,23)24)8-17(26-27-18)12-3-1-11(2-4-12)13-9-25-10-13/h1-7,13,25H,8-10H2. The van der Waals surface area contributed by atoms with E-state index in [0.29, 0.717) is 11.5 Å². The van der Waals surface area contributed by atoms with E-state index < -0.39 is 18.2 Å². The highest BCUT2D eigenvalue weighted by atomic mass is 35.5. The van der Waals surface area contributed by atoms with Crippen LogP contribution in [-0.4, -0.2) is 25.0 Å². The van der Waals surface area contributed by atoms with E-state index in [-0.39, 0.29) is 21.3 Å². The first-order valence-corrected chi connectivity index (χ1v) is 9.13. The number of benzene rings is 2. The zero-order chi connectivity index (χ0) is 19.2. The topological polar surface area (TPSA) is 33.6 Å². The molecule has 2 aromatic carbocycles. The molecular formula is C19H15Cl2F3N2O. The molecule has 0 radical (unpaired) electrons. The van der Waals surface area contributed by atoms with Gasteiger partial charge in [0.05, 0.1) is 5.71 Å². The van der Waals surface area contributed by atoms with Crippen molar-refractivity contribution in [1.29, 1.82) is 0 Å². The third-order valence-electron chi connectivity index (χ3n) is 5.01. The maximum Gasteiger partial charge on any atom is 0.435 e. The van der Waals surface area contributed by atoms with Gasteiger partial charge in [-0.05, 0) is 29.3 Å². The smallest absolute Gasteiger partial charge is 0.374 e. The summed E-state index contributed by atoms with van der Waals surface area (Å²) in [6.45, 7) is 1.83. The van der Waals surface area contributed by atoms with Crippen molar-refractivity contribution in [2.24, 2.45) is 5.16 Å². The summed E-state index contributed by atoms with van der Waals surface area (Å²) in [6.07, 6.45) is -5.14. The van der Waals surface area contributed by atoms with E-state index in [1.54, 1.807) is 12.1 Å². The van der Waals surface area contributed by atoms with Gasteiger partial charge in [0, 0.05) is 41.0 Å². The number of hydrogen-bond donors (Lipinski definition) is 1. The lowest BCUT2D eigenvalue weighted by Gasteiger charge is -2.29. The molecule has 1 fully saturated rings. The van der Waals surface area contributed by atoms with Crippen LogP contribution in [0.15, 0.2) is 47.6 Å². The molecule has 2 aliphatic rings. The van der Waals surface area contributed by atoms with E-state index in [2.05, 4.69) is 10.5 Å². The lowest BCUT2D eigenvalue weighted by Crippen LogP contribution is -2.42. The van der Waals surface area contributed by atoms with Gasteiger partial charge in [0.25, 0.3) is 5.60 Å². The number of rotatable bonds is 3. The second-order valence-electron chi connectivity index (χ2n) is 6.77. The Balaban J connectivity index is 1.65. The molecule has 0 bridgehead atoms. The maximum absolute atomic E-state index is 14.0. The van der Waals surface area contributed by atoms with Crippen LogP contribution in [0.25, 0.3) is 0 Å². The summed E-state index contributed by atoms with van der Waals surface area (Å²) < 4.78 is 42.0. The first kappa shape index (κ1) is 18.6. The lowest BCUT2D eigenvalue weighted by molar-refractivity contribution is -0.275. The summed E-state index contributed by atoms with van der Waals surface area (Å²) in [4.78, 5) is 5.01. The van der Waals surface area contributed by atoms with Crippen molar-refractivity contribution in [3.05, 3.63) is 69.2 Å². The van der Waals surface area contributed by atoms with Crippen LogP contribution in [0.2, 0.25) is 10.0 Å². The van der Waals surface area contributed by atoms with Gasteiger partial charge in [-0.1, -0.05) is 52.6 Å². The van der Waals surface area contributed by atoms with Crippen LogP contribution in [0, 0.1) is 0 Å². The van der Waals surface area contributed by atoms with Gasteiger partial charge in [-0.2, -0.15) is 13.2 Å². The summed E-state index contributed by atoms with van der Waals surface area (Å²) >= 11 is 11.8. The molecule has 0 spiro atoms. The Hall–Kier alpha value is -1.76. The first-order chi connectivity index (χ1) is 12.8. The molecule has 27 heavy (non-hydrogen) atoms. The SMILES string of the molecule is FC(F)(F)C1(c2cc(Cl)cc(Cl)c2)CC(c2ccc(C3CNC3)cc2)=NO1. The van der Waals surface area contributed by atoms with Gasteiger partial charge in [0.15, 0.2) is 0 Å². The lowest BCUT2D eigenvalue weighted by atomic mass is 9.86. The average Bonchev–Trinajstić information content (AvgIpc) is 2.99. The minimum Gasteiger partial charge on any atom is -0.374 e. The average molecular weight is 415 g/mol. The third kappa shape index (κ3) is 3.30. The molecule has 1 N–H and O–H groups in total. The van der Waals surface area contributed by atoms with Crippen molar-refractivity contribution in [1.82, 2.24) is 5.32 Å². The number of halogens is 5. The van der Waals surface area contributed by atoms with E-state index in [0.717, 1.165) is 18.7 Å². The number of nitrogens with one attached hydrogen (secondary N) is 1. The normalized spacial score (nSPS) is 22.9. The second-order valence-corrected chi connectivity index (χ2v) is 7.64. The van der Waals surface area contributed by atoms with Crippen molar-refractivity contribution in [2.45, 2.75) is 24.1 Å². The monoisotopic (exact) mass is 414 g/mol. The molecule has 2 aliphatic heterocycles. The molecule has 1 atom stereocenters. The van der Waals surface area contributed by atoms with Gasteiger partial charge in [-0.15, -0.1) is 0 Å². The molecule has 3 nitrogen and oxygen atoms in total. The van der Waals surface area contributed by atoms with Gasteiger partial charge >= 0.3 is 6.18 Å². The second kappa shape index (κ2) is 6.69. The van der Waals surface area contributed by atoms with E-state index >= 15 is 0 Å². The van der Waals surface area contributed by atoms with Crippen molar-refractivity contribution in [3.63, 3.8) is 0 Å². The van der Waals surface area contributed by atoms with Gasteiger partial charge in [-0.3, -0.25) is 0 Å². The first-order valence-electron chi connectivity index (χ1n) is 8.38. The summed E-state index contributed by atoms with van der Waals surface area (Å²) in [6, 6.07) is 11.2. The van der Waals surface area contributed by atoms with E-state index in [1.807, 2.05) is 12.1 Å². The predicted molar refractivity (Wildman–Crippen MR) is 98.5 cm³/mol. The van der Waals surface area contributed by atoms with Crippen LogP contribution in [0.4, 0.5) is 13.2 Å². The van der Waals surface area contributed by atoms with Crippen LogP contribution >= 0.6 is 23.2 Å². The molecule has 8 heteroatoms. The van der Waals surface area contributed by atoms with Gasteiger partial charge < -0.3 is 10.2 Å². The van der Waals surface area contributed by atoms with Crippen molar-refractivity contribution >= 4 is 28.9 Å². The third-order valence-corrected chi connectivity index (χ3v) is 5.45. The largest absolute Gasteiger partial charge is 0.435 e. The number of nitrogens with zero attached hydrogens (tertiary/aromatic N) is 1. The Morgan fingerprint density at radius 1 is 1.04 bits per heavy atom. The number of oxime groups is 1. The van der Waals surface area contributed by atoms with E-state index in [1.165, 1.54) is 18.2 Å². The Kier molecular flexibility index (Phi) is 4.61. The maximum atomic E-state index is 14.0. The minimum absolute atomic E-state index is 0.108. The molecule has 1 saturated heterocycles. The number of hydrogen-bond acceptors (Lipinski definition) is 3. The Labute approximate surface area is 164 Å². The van der Waals surface area contributed by atoms with E-state index in [4.69, 9.17) is 28.0 Å². The van der Waals surface area contributed by atoms with E-state index in [9.17, 15) is 13.2 Å². The highest BCUT2D eigenvalue weighted by molar-refractivity contribution is 6.34. The molecule has 0 amide bonds. The zero-order valence-corrected chi connectivity index (χ0v) is 15.5. The summed E-state index contributed by atoms with van der Waals surface area (Å²) in [5.41, 5.74) is -0.774. The fourth-order valence-electron chi connectivity index (χ4n) is 3.32. The fourth-order valence-corrected chi connectivity index (χ4v) is 3.84. The van der Waals surface area contributed by atoms with Crippen LogP contribution in [-0.2, 0) is 10.4 Å². The highest BCUT2D eigenvalue weighted by Gasteiger charge is 2.62. The van der Waals surface area contributed by atoms with Crippen molar-refractivity contribution in [2.75, 3.05) is 13.1 Å². The predicted octanol–water partition coefficient (Wildman–Crippen LogP) is 5.26. The molecule has 0 saturated carbocycles. The van der Waals surface area contributed by atoms with Crippen LogP contribution in [0.5, 0.6) is 0 Å². The zero-order valence-electron chi connectivity index (χ0n) is 14.0. The van der Waals surface area contributed by atoms with Gasteiger partial charge in [-0.25, -0.2) is 0 Å². The molecular weight excluding hydrogens is 400 g/mol. The van der Waals surface area contributed by atoms with Crippen molar-refractivity contribution in [3.8, 4) is 0 Å². The number of alkyl halides is 3. The Morgan fingerprint density at radius 3 is 2.19 bits per heavy atom. The quantitative estimate of drug-likeness (QED) is 0.742. The molecule has 2 heterocycles. The summed E-state index contributed by atoms with van der Waals surface area (Å²) in [5, 5.41) is 7.18. The molecule has 2 aromatic rings. The molecule has 4 rings (SSSR count). The van der Waals surface area contributed by atoms with Gasteiger partial charge in [0.2, 0.25) is 0 Å². The van der Waals surface area contributed by atoms with Crippen molar-refractivity contribution < 1.29 is 18.0 Å². The molecule has 0 aromatic heterocycles. The summed E-state index contributed by atoms with van der Waals surface area (Å²) in [5.74, 6) is 0.448. The summed E-state index contributed by atoms with van der Waals surface area (Å²) in [7, 11) is 0. The van der Waals surface area contributed by atoms with Gasteiger partial charge in [0.1, 0.15) is 0 Å². The van der Waals surface area contributed by atoms with Crippen LogP contribution in [0.1, 0.15) is 29.0 Å². The Morgan fingerprint density at radius 2 is 1.67 bits per heavy atom. The molecule has 142 valence electrons. The van der Waals surface area contributed by atoms with Crippen LogP contribution in [0.3, 0.4) is 0 Å². The highest BCUT2D eigenvalue weighted by Crippen LogP contribution is 2.49. The fraction of sp³-hybridized carbons (Fsp3) is 0.316.